The molecule has 1 saturated heterocycles. The minimum absolute atomic E-state index is 0.599. The number of halogens is 1. The van der Waals surface area contributed by atoms with E-state index < -0.39 is 0 Å². The molecule has 0 spiro atoms. The van der Waals surface area contributed by atoms with Crippen molar-refractivity contribution in [1.29, 1.82) is 0 Å². The van der Waals surface area contributed by atoms with Gasteiger partial charge in [-0.05, 0) is 66.5 Å². The summed E-state index contributed by atoms with van der Waals surface area (Å²) in [4.78, 5) is 2.49. The van der Waals surface area contributed by atoms with Gasteiger partial charge in [-0.3, -0.25) is 0 Å². The van der Waals surface area contributed by atoms with Gasteiger partial charge in [0.1, 0.15) is 12.4 Å². The summed E-state index contributed by atoms with van der Waals surface area (Å²) in [5.74, 6) is 0.884. The van der Waals surface area contributed by atoms with E-state index in [-0.39, 0.29) is 0 Å². The summed E-state index contributed by atoms with van der Waals surface area (Å²) in [6.07, 6.45) is 4.06. The Bertz CT molecular complexity index is 405. The van der Waals surface area contributed by atoms with Crippen molar-refractivity contribution < 1.29 is 9.47 Å². The molecule has 1 aliphatic rings. The molecule has 0 aromatic heterocycles. The normalized spacial score (nSPS) is 16.3. The Kier molecular flexibility index (Phi) is 6.83. The monoisotopic (exact) mass is 341 g/mol. The summed E-state index contributed by atoms with van der Waals surface area (Å²) >= 11 is 3.51. The van der Waals surface area contributed by atoms with Crippen LogP contribution >= 0.6 is 15.9 Å². The Hall–Kier alpha value is -0.580. The van der Waals surface area contributed by atoms with Crippen LogP contribution < -0.4 is 4.74 Å². The third-order valence-corrected chi connectivity index (χ3v) is 4.19. The van der Waals surface area contributed by atoms with E-state index in [1.165, 1.54) is 37.9 Å². The molecule has 4 heteroatoms. The molecule has 0 N–H and O–H groups in total. The summed E-state index contributed by atoms with van der Waals surface area (Å²) in [5, 5.41) is 0. The minimum atomic E-state index is 0.599. The van der Waals surface area contributed by atoms with E-state index in [4.69, 9.17) is 9.47 Å². The number of hydrogen-bond donors (Lipinski definition) is 0. The maximum Gasteiger partial charge on any atom is 0.133 e. The molecule has 0 bridgehead atoms. The van der Waals surface area contributed by atoms with Crippen LogP contribution in [-0.2, 0) is 4.74 Å². The molecule has 1 aromatic carbocycles. The van der Waals surface area contributed by atoms with Gasteiger partial charge < -0.3 is 14.4 Å². The van der Waals surface area contributed by atoms with Crippen LogP contribution in [-0.4, -0.2) is 44.4 Å². The van der Waals surface area contributed by atoms with Gasteiger partial charge in [-0.2, -0.15) is 0 Å². The first-order valence-corrected chi connectivity index (χ1v) is 8.24. The summed E-state index contributed by atoms with van der Waals surface area (Å²) in [5.41, 5.74) is 1.22. The molecule has 0 saturated carbocycles. The average Bonchev–Trinajstić information content (AvgIpc) is 2.46. The number of ether oxygens (including phenoxy) is 2. The standard InChI is InChI=1S/C16H24BrNO2/c1-14-5-6-16(15(17)13-14)20-12-11-19-10-9-18-7-3-2-4-8-18/h5-6,13H,2-4,7-12H2,1H3. The number of hydrogen-bond acceptors (Lipinski definition) is 3. The second-order valence-corrected chi connectivity index (χ2v) is 6.15. The lowest BCUT2D eigenvalue weighted by atomic mass is 10.1. The van der Waals surface area contributed by atoms with Gasteiger partial charge in [0.15, 0.2) is 0 Å². The van der Waals surface area contributed by atoms with E-state index in [1.54, 1.807) is 0 Å². The molecule has 0 aliphatic carbocycles. The summed E-state index contributed by atoms with van der Waals surface area (Å²) in [6.45, 7) is 7.63. The van der Waals surface area contributed by atoms with Gasteiger partial charge >= 0.3 is 0 Å². The van der Waals surface area contributed by atoms with E-state index in [9.17, 15) is 0 Å². The number of likely N-dealkylation sites (tertiary alicyclic amines) is 1. The van der Waals surface area contributed by atoms with E-state index in [0.717, 1.165) is 23.4 Å². The first-order valence-electron chi connectivity index (χ1n) is 7.45. The highest BCUT2D eigenvalue weighted by Crippen LogP contribution is 2.25. The third-order valence-electron chi connectivity index (χ3n) is 3.57. The van der Waals surface area contributed by atoms with Crippen molar-refractivity contribution in [2.75, 3.05) is 39.5 Å². The van der Waals surface area contributed by atoms with Gasteiger partial charge in [0.05, 0.1) is 17.7 Å². The van der Waals surface area contributed by atoms with Crippen LogP contribution in [0.3, 0.4) is 0 Å². The van der Waals surface area contributed by atoms with Gasteiger partial charge in [0, 0.05) is 6.54 Å². The fourth-order valence-corrected chi connectivity index (χ4v) is 3.02. The molecule has 1 aromatic rings. The van der Waals surface area contributed by atoms with Crippen LogP contribution in [0.4, 0.5) is 0 Å². The Morgan fingerprint density at radius 2 is 1.90 bits per heavy atom. The molecule has 0 unspecified atom stereocenters. The van der Waals surface area contributed by atoms with Crippen molar-refractivity contribution >= 4 is 15.9 Å². The molecule has 2 rings (SSSR count). The molecule has 20 heavy (non-hydrogen) atoms. The zero-order chi connectivity index (χ0) is 14.2. The Morgan fingerprint density at radius 1 is 1.10 bits per heavy atom. The number of rotatable bonds is 7. The Morgan fingerprint density at radius 3 is 2.65 bits per heavy atom. The lowest BCUT2D eigenvalue weighted by Gasteiger charge is -2.26. The molecule has 0 radical (unpaired) electrons. The zero-order valence-corrected chi connectivity index (χ0v) is 13.8. The molecule has 1 fully saturated rings. The van der Waals surface area contributed by atoms with Crippen molar-refractivity contribution in [1.82, 2.24) is 4.90 Å². The molecule has 0 amide bonds. The number of nitrogens with zero attached hydrogens (tertiary/aromatic N) is 1. The highest BCUT2D eigenvalue weighted by molar-refractivity contribution is 9.10. The van der Waals surface area contributed by atoms with Gasteiger partial charge in [0.2, 0.25) is 0 Å². The van der Waals surface area contributed by atoms with Crippen LogP contribution in [0.1, 0.15) is 24.8 Å². The summed E-state index contributed by atoms with van der Waals surface area (Å²) in [7, 11) is 0. The van der Waals surface area contributed by atoms with Crippen LogP contribution in [0.25, 0.3) is 0 Å². The van der Waals surface area contributed by atoms with E-state index in [0.29, 0.717) is 13.2 Å². The molecule has 1 aliphatic heterocycles. The first kappa shape index (κ1) is 15.8. The molecule has 112 valence electrons. The lowest BCUT2D eigenvalue weighted by molar-refractivity contribution is 0.0749. The maximum absolute atomic E-state index is 5.70. The minimum Gasteiger partial charge on any atom is -0.490 e. The highest BCUT2D eigenvalue weighted by atomic mass is 79.9. The second kappa shape index (κ2) is 8.65. The van der Waals surface area contributed by atoms with Crippen molar-refractivity contribution in [3.8, 4) is 5.75 Å². The highest BCUT2D eigenvalue weighted by Gasteiger charge is 2.09. The van der Waals surface area contributed by atoms with Gasteiger partial charge in [-0.1, -0.05) is 12.5 Å². The number of aryl methyl sites for hydroxylation is 1. The van der Waals surface area contributed by atoms with E-state index in [1.807, 2.05) is 6.07 Å². The predicted molar refractivity (Wildman–Crippen MR) is 85.5 cm³/mol. The van der Waals surface area contributed by atoms with Crippen LogP contribution in [0, 0.1) is 6.92 Å². The van der Waals surface area contributed by atoms with Gasteiger partial charge in [-0.25, -0.2) is 0 Å². The SMILES string of the molecule is Cc1ccc(OCCOCCN2CCCCC2)c(Br)c1. The van der Waals surface area contributed by atoms with Crippen LogP contribution in [0.5, 0.6) is 5.75 Å². The van der Waals surface area contributed by atoms with Gasteiger partial charge in [-0.15, -0.1) is 0 Å². The van der Waals surface area contributed by atoms with E-state index >= 15 is 0 Å². The third kappa shape index (κ3) is 5.43. The topological polar surface area (TPSA) is 21.7 Å². The smallest absolute Gasteiger partial charge is 0.133 e. The Balaban J connectivity index is 1.55. The lowest BCUT2D eigenvalue weighted by Crippen LogP contribution is -2.32. The average molecular weight is 342 g/mol. The zero-order valence-electron chi connectivity index (χ0n) is 12.2. The van der Waals surface area contributed by atoms with Crippen molar-refractivity contribution in [2.24, 2.45) is 0 Å². The molecular weight excluding hydrogens is 318 g/mol. The predicted octanol–water partition coefficient (Wildman–Crippen LogP) is 3.64. The fraction of sp³-hybridized carbons (Fsp3) is 0.625. The van der Waals surface area contributed by atoms with Crippen LogP contribution in [0.15, 0.2) is 22.7 Å². The molecule has 3 nitrogen and oxygen atoms in total. The van der Waals surface area contributed by atoms with Crippen molar-refractivity contribution in [3.05, 3.63) is 28.2 Å². The van der Waals surface area contributed by atoms with E-state index in [2.05, 4.69) is 39.9 Å². The fourth-order valence-electron chi connectivity index (χ4n) is 2.41. The second-order valence-electron chi connectivity index (χ2n) is 5.30. The largest absolute Gasteiger partial charge is 0.490 e. The summed E-state index contributed by atoms with van der Waals surface area (Å²) in [6, 6.07) is 6.11. The molecule has 1 heterocycles. The maximum atomic E-state index is 5.70. The van der Waals surface area contributed by atoms with Crippen molar-refractivity contribution in [2.45, 2.75) is 26.2 Å². The number of benzene rings is 1. The summed E-state index contributed by atoms with van der Waals surface area (Å²) < 4.78 is 12.3. The number of piperidine rings is 1. The first-order chi connectivity index (χ1) is 9.75. The van der Waals surface area contributed by atoms with Gasteiger partial charge in [0.25, 0.3) is 0 Å². The quantitative estimate of drug-likeness (QED) is 0.706. The molecule has 0 atom stereocenters. The van der Waals surface area contributed by atoms with Crippen molar-refractivity contribution in [3.63, 3.8) is 0 Å². The Labute approximate surface area is 130 Å². The molecular formula is C16H24BrNO2. The van der Waals surface area contributed by atoms with Crippen LogP contribution in [0.2, 0.25) is 0 Å².